The number of aromatic nitrogens is 7. The molecule has 0 aliphatic rings. The van der Waals surface area contributed by atoms with Crippen LogP contribution in [0, 0.1) is 0 Å². The number of rotatable bonds is 3. The lowest BCUT2D eigenvalue weighted by atomic mass is 10.3. The van der Waals surface area contributed by atoms with E-state index in [4.69, 9.17) is 16.5 Å². The van der Waals surface area contributed by atoms with Gasteiger partial charge in [-0.25, -0.2) is 24.9 Å². The van der Waals surface area contributed by atoms with Gasteiger partial charge in [0.2, 0.25) is 0 Å². The molecule has 9 nitrogen and oxygen atoms in total. The maximum absolute atomic E-state index is 6.17. The second kappa shape index (κ2) is 5.65. The zero-order chi connectivity index (χ0) is 18.6. The fourth-order valence-electron chi connectivity index (χ4n) is 3.18. The van der Waals surface area contributed by atoms with Crippen molar-refractivity contribution < 1.29 is 0 Å². The first kappa shape index (κ1) is 16.2. The molecule has 0 unspecified atom stereocenters. The van der Waals surface area contributed by atoms with E-state index in [1.54, 1.807) is 6.33 Å². The van der Waals surface area contributed by atoms with Crippen molar-refractivity contribution in [3.05, 3.63) is 18.7 Å². The van der Waals surface area contributed by atoms with Crippen molar-refractivity contribution in [2.75, 3.05) is 11.5 Å². The number of fused-ring (bicyclic) bond motifs is 2. The molecule has 4 aromatic heterocycles. The first-order valence-corrected chi connectivity index (χ1v) is 8.50. The number of hydrogen-bond acceptors (Lipinski definition) is 7. The van der Waals surface area contributed by atoms with Gasteiger partial charge in [0.15, 0.2) is 17.3 Å². The molecule has 26 heavy (non-hydrogen) atoms. The van der Waals surface area contributed by atoms with E-state index in [9.17, 15) is 0 Å². The highest BCUT2D eigenvalue weighted by Crippen LogP contribution is 2.32. The van der Waals surface area contributed by atoms with Gasteiger partial charge < -0.3 is 20.6 Å². The summed E-state index contributed by atoms with van der Waals surface area (Å²) in [5.74, 6) is 1.30. The average Bonchev–Trinajstić information content (AvgIpc) is 3.17. The topological polar surface area (TPSA) is 126 Å². The van der Waals surface area contributed by atoms with Crippen LogP contribution in [0.15, 0.2) is 18.7 Å². The van der Waals surface area contributed by atoms with Gasteiger partial charge in [0.1, 0.15) is 23.3 Å². The Morgan fingerprint density at radius 1 is 0.885 bits per heavy atom. The summed E-state index contributed by atoms with van der Waals surface area (Å²) >= 11 is 0. The van der Waals surface area contributed by atoms with Crippen LogP contribution < -0.4 is 11.5 Å². The van der Waals surface area contributed by atoms with Gasteiger partial charge in [-0.1, -0.05) is 0 Å². The molecule has 0 aromatic carbocycles. The second-order valence-corrected chi connectivity index (χ2v) is 6.84. The standard InChI is InChI=1S/C17H21N9/c1-8(2)25-7-22-12-14(19)23-15(24-17(12)25)11-5-10-13(18)20-6-21-16(10)26(11)9(3)4/h5-9H,1-4H3,(H2,18,20,21)(H2,19,23,24). The van der Waals surface area contributed by atoms with Crippen molar-refractivity contribution in [2.24, 2.45) is 0 Å². The van der Waals surface area contributed by atoms with Gasteiger partial charge >= 0.3 is 0 Å². The summed E-state index contributed by atoms with van der Waals surface area (Å²) in [5, 5.41) is 0.774. The van der Waals surface area contributed by atoms with Crippen LogP contribution in [-0.2, 0) is 0 Å². The van der Waals surface area contributed by atoms with Crippen LogP contribution in [0.2, 0.25) is 0 Å². The Balaban J connectivity index is 2.05. The molecule has 0 saturated carbocycles. The van der Waals surface area contributed by atoms with Crippen LogP contribution in [0.5, 0.6) is 0 Å². The molecule has 0 aliphatic carbocycles. The molecule has 4 aromatic rings. The van der Waals surface area contributed by atoms with Crippen molar-refractivity contribution in [1.82, 2.24) is 34.1 Å². The van der Waals surface area contributed by atoms with Crippen LogP contribution in [0.25, 0.3) is 33.7 Å². The van der Waals surface area contributed by atoms with E-state index in [0.717, 1.165) is 16.7 Å². The molecule has 0 saturated heterocycles. The summed E-state index contributed by atoms with van der Waals surface area (Å²) in [5.41, 5.74) is 15.1. The predicted molar refractivity (Wildman–Crippen MR) is 101 cm³/mol. The van der Waals surface area contributed by atoms with Gasteiger partial charge in [-0.3, -0.25) is 0 Å². The highest BCUT2D eigenvalue weighted by Gasteiger charge is 2.21. The monoisotopic (exact) mass is 351 g/mol. The molecule has 9 heteroatoms. The van der Waals surface area contributed by atoms with E-state index >= 15 is 0 Å². The fraction of sp³-hybridized carbons (Fsp3) is 0.353. The average molecular weight is 351 g/mol. The third-order valence-corrected chi connectivity index (χ3v) is 4.41. The van der Waals surface area contributed by atoms with E-state index in [0.29, 0.717) is 28.6 Å². The third-order valence-electron chi connectivity index (χ3n) is 4.41. The molecule has 0 fully saturated rings. The van der Waals surface area contributed by atoms with Crippen molar-refractivity contribution in [1.29, 1.82) is 0 Å². The van der Waals surface area contributed by atoms with Gasteiger partial charge in [0.05, 0.1) is 17.4 Å². The zero-order valence-corrected chi connectivity index (χ0v) is 15.2. The first-order chi connectivity index (χ1) is 12.4. The van der Waals surface area contributed by atoms with Crippen LogP contribution in [0.4, 0.5) is 11.6 Å². The Kier molecular flexibility index (Phi) is 3.53. The van der Waals surface area contributed by atoms with E-state index in [1.807, 2.05) is 15.2 Å². The minimum atomic E-state index is 0.132. The summed E-state index contributed by atoms with van der Waals surface area (Å²) in [7, 11) is 0. The molecule has 4 N–H and O–H groups in total. The van der Waals surface area contributed by atoms with Crippen LogP contribution >= 0.6 is 0 Å². The maximum atomic E-state index is 6.17. The SMILES string of the molecule is CC(C)n1cnc2c(N)nc(-c3cc4c(N)ncnc4n3C(C)C)nc21. The molecule has 0 amide bonds. The van der Waals surface area contributed by atoms with Crippen LogP contribution in [0.3, 0.4) is 0 Å². The molecule has 134 valence electrons. The molecule has 0 bridgehead atoms. The number of anilines is 2. The van der Waals surface area contributed by atoms with E-state index < -0.39 is 0 Å². The molecule has 4 heterocycles. The number of nitrogen functional groups attached to an aromatic ring is 2. The lowest BCUT2D eigenvalue weighted by molar-refractivity contribution is 0.611. The normalized spacial score (nSPS) is 12.1. The van der Waals surface area contributed by atoms with Crippen molar-refractivity contribution >= 4 is 33.8 Å². The summed E-state index contributed by atoms with van der Waals surface area (Å²) in [6, 6.07) is 2.26. The number of hydrogen-bond donors (Lipinski definition) is 2. The quantitative estimate of drug-likeness (QED) is 0.580. The van der Waals surface area contributed by atoms with E-state index in [1.165, 1.54) is 6.33 Å². The fourth-order valence-corrected chi connectivity index (χ4v) is 3.18. The van der Waals surface area contributed by atoms with E-state index in [2.05, 4.69) is 47.6 Å². The Bertz CT molecular complexity index is 1120. The van der Waals surface area contributed by atoms with Gasteiger partial charge in [-0.2, -0.15) is 0 Å². The van der Waals surface area contributed by atoms with E-state index in [-0.39, 0.29) is 12.1 Å². The van der Waals surface area contributed by atoms with Crippen LogP contribution in [-0.4, -0.2) is 34.1 Å². The van der Waals surface area contributed by atoms with Crippen LogP contribution in [0.1, 0.15) is 39.8 Å². The lowest BCUT2D eigenvalue weighted by Crippen LogP contribution is -2.08. The lowest BCUT2D eigenvalue weighted by Gasteiger charge is -2.14. The van der Waals surface area contributed by atoms with Gasteiger partial charge in [0, 0.05) is 12.1 Å². The minimum absolute atomic E-state index is 0.132. The van der Waals surface area contributed by atoms with Crippen molar-refractivity contribution in [3.8, 4) is 11.5 Å². The van der Waals surface area contributed by atoms with Crippen molar-refractivity contribution in [2.45, 2.75) is 39.8 Å². The van der Waals surface area contributed by atoms with Gasteiger partial charge in [0.25, 0.3) is 0 Å². The smallest absolute Gasteiger partial charge is 0.180 e. The molecular weight excluding hydrogens is 330 g/mol. The highest BCUT2D eigenvalue weighted by atomic mass is 15.2. The first-order valence-electron chi connectivity index (χ1n) is 8.50. The molecule has 0 atom stereocenters. The Morgan fingerprint density at radius 3 is 2.35 bits per heavy atom. The largest absolute Gasteiger partial charge is 0.383 e. The summed E-state index contributed by atoms with van der Waals surface area (Å²) in [6.45, 7) is 8.28. The summed E-state index contributed by atoms with van der Waals surface area (Å²) < 4.78 is 4.03. The van der Waals surface area contributed by atoms with Crippen molar-refractivity contribution in [3.63, 3.8) is 0 Å². The van der Waals surface area contributed by atoms with Gasteiger partial charge in [-0.15, -0.1) is 0 Å². The molecule has 4 rings (SSSR count). The molecule has 0 spiro atoms. The number of nitrogens with zero attached hydrogens (tertiary/aromatic N) is 7. The highest BCUT2D eigenvalue weighted by molar-refractivity contribution is 5.92. The summed E-state index contributed by atoms with van der Waals surface area (Å²) in [6.07, 6.45) is 3.21. The predicted octanol–water partition coefficient (Wildman–Crippen LogP) is 2.56. The summed E-state index contributed by atoms with van der Waals surface area (Å²) in [4.78, 5) is 22.1. The minimum Gasteiger partial charge on any atom is -0.383 e. The third kappa shape index (κ3) is 2.27. The van der Waals surface area contributed by atoms with Gasteiger partial charge in [-0.05, 0) is 33.8 Å². The Labute approximate surface area is 150 Å². The number of imidazole rings is 1. The molecule has 0 radical (unpaired) electrons. The molecule has 0 aliphatic heterocycles. The molecular formula is C17H21N9. The Morgan fingerprint density at radius 2 is 1.65 bits per heavy atom. The zero-order valence-electron chi connectivity index (χ0n) is 15.2. The maximum Gasteiger partial charge on any atom is 0.180 e. The Hall–Kier alpha value is -3.23. The number of nitrogens with two attached hydrogens (primary N) is 2. The second-order valence-electron chi connectivity index (χ2n) is 6.84.